The number of nitrogens with two attached hydrogens (primary N) is 1. The molecule has 0 spiro atoms. The quantitative estimate of drug-likeness (QED) is 0.900. The molecule has 0 amide bonds. The highest BCUT2D eigenvalue weighted by molar-refractivity contribution is 5.29. The molecule has 4 heteroatoms. The first-order valence-corrected chi connectivity index (χ1v) is 6.41. The number of ether oxygens (including phenoxy) is 1. The van der Waals surface area contributed by atoms with Gasteiger partial charge in [0.1, 0.15) is 11.6 Å². The molecule has 2 rings (SSSR count). The van der Waals surface area contributed by atoms with Gasteiger partial charge in [0.15, 0.2) is 0 Å². The summed E-state index contributed by atoms with van der Waals surface area (Å²) >= 11 is 0. The monoisotopic (exact) mass is 255 g/mol. The van der Waals surface area contributed by atoms with Crippen LogP contribution < -0.4 is 5.73 Å². The minimum Gasteiger partial charge on any atom is -0.378 e. The van der Waals surface area contributed by atoms with E-state index in [0.29, 0.717) is 12.0 Å². The predicted octanol–water partition coefficient (Wildman–Crippen LogP) is 3.23. The van der Waals surface area contributed by atoms with E-state index in [2.05, 4.69) is 0 Å². The first kappa shape index (κ1) is 13.4. The maximum Gasteiger partial charge on any atom is 0.133 e. The first-order chi connectivity index (χ1) is 8.59. The number of aryl methyl sites for hydroxylation is 1. The van der Waals surface area contributed by atoms with Gasteiger partial charge in [0.2, 0.25) is 0 Å². The third-order valence-electron chi connectivity index (χ3n) is 3.48. The summed E-state index contributed by atoms with van der Waals surface area (Å²) in [6.45, 7) is 2.33. The van der Waals surface area contributed by atoms with Crippen molar-refractivity contribution in [3.05, 3.63) is 34.9 Å². The minimum absolute atomic E-state index is 0.0100. The molecular formula is C14H19F2NO. The van der Waals surface area contributed by atoms with E-state index in [1.54, 1.807) is 6.92 Å². The molecule has 0 radical (unpaired) electrons. The third kappa shape index (κ3) is 2.87. The van der Waals surface area contributed by atoms with Gasteiger partial charge >= 0.3 is 0 Å². The second-order valence-corrected chi connectivity index (χ2v) is 4.92. The van der Waals surface area contributed by atoms with Gasteiger partial charge in [-0.05, 0) is 44.2 Å². The lowest BCUT2D eigenvalue weighted by atomic mass is 9.95. The van der Waals surface area contributed by atoms with Crippen LogP contribution in [0, 0.1) is 18.6 Å². The SMILES string of the molecule is Cc1ccc(F)c(C(N)CC2CCCCO2)c1F. The second kappa shape index (κ2) is 5.76. The second-order valence-electron chi connectivity index (χ2n) is 4.92. The number of hydrogen-bond donors (Lipinski definition) is 1. The minimum atomic E-state index is -0.645. The summed E-state index contributed by atoms with van der Waals surface area (Å²) in [5.74, 6) is -1.10. The molecule has 1 saturated heterocycles. The fourth-order valence-corrected chi connectivity index (χ4v) is 2.41. The van der Waals surface area contributed by atoms with E-state index < -0.39 is 17.7 Å². The summed E-state index contributed by atoms with van der Waals surface area (Å²) < 4.78 is 33.1. The van der Waals surface area contributed by atoms with Gasteiger partial charge in [-0.3, -0.25) is 0 Å². The Morgan fingerprint density at radius 1 is 1.39 bits per heavy atom. The highest BCUT2D eigenvalue weighted by atomic mass is 19.1. The van der Waals surface area contributed by atoms with Gasteiger partial charge < -0.3 is 10.5 Å². The van der Waals surface area contributed by atoms with E-state index in [1.807, 2.05) is 0 Å². The van der Waals surface area contributed by atoms with Crippen LogP contribution in [0.15, 0.2) is 12.1 Å². The molecule has 1 fully saturated rings. The largest absolute Gasteiger partial charge is 0.378 e. The Balaban J connectivity index is 2.12. The van der Waals surface area contributed by atoms with E-state index in [4.69, 9.17) is 10.5 Å². The van der Waals surface area contributed by atoms with Crippen LogP contribution in [-0.4, -0.2) is 12.7 Å². The molecule has 0 saturated carbocycles. The molecule has 1 aromatic rings. The van der Waals surface area contributed by atoms with Crippen molar-refractivity contribution >= 4 is 0 Å². The molecule has 2 N–H and O–H groups in total. The summed E-state index contributed by atoms with van der Waals surface area (Å²) in [4.78, 5) is 0. The van der Waals surface area contributed by atoms with Crippen molar-refractivity contribution in [3.8, 4) is 0 Å². The molecule has 1 aromatic carbocycles. The molecule has 18 heavy (non-hydrogen) atoms. The van der Waals surface area contributed by atoms with Gasteiger partial charge in [0, 0.05) is 18.2 Å². The average molecular weight is 255 g/mol. The first-order valence-electron chi connectivity index (χ1n) is 6.41. The summed E-state index contributed by atoms with van der Waals surface area (Å²) in [5.41, 5.74) is 6.35. The normalized spacial score (nSPS) is 21.9. The van der Waals surface area contributed by atoms with Gasteiger partial charge in [-0.15, -0.1) is 0 Å². The van der Waals surface area contributed by atoms with Crippen LogP contribution in [0.3, 0.4) is 0 Å². The van der Waals surface area contributed by atoms with Gasteiger partial charge in [-0.25, -0.2) is 8.78 Å². The van der Waals surface area contributed by atoms with E-state index >= 15 is 0 Å². The number of rotatable bonds is 3. The maximum absolute atomic E-state index is 13.9. The van der Waals surface area contributed by atoms with Crippen molar-refractivity contribution in [2.75, 3.05) is 6.61 Å². The molecular weight excluding hydrogens is 236 g/mol. The van der Waals surface area contributed by atoms with Crippen LogP contribution in [0.25, 0.3) is 0 Å². The van der Waals surface area contributed by atoms with Crippen LogP contribution >= 0.6 is 0 Å². The molecule has 1 aliphatic rings. The molecule has 100 valence electrons. The van der Waals surface area contributed by atoms with Crippen LogP contribution in [0.4, 0.5) is 8.78 Å². The lowest BCUT2D eigenvalue weighted by Gasteiger charge is -2.25. The van der Waals surface area contributed by atoms with Crippen LogP contribution in [0.2, 0.25) is 0 Å². The molecule has 2 atom stereocenters. The molecule has 2 unspecified atom stereocenters. The Morgan fingerprint density at radius 3 is 2.83 bits per heavy atom. The fourth-order valence-electron chi connectivity index (χ4n) is 2.41. The summed E-state index contributed by atoms with van der Waals surface area (Å²) in [7, 11) is 0. The summed E-state index contributed by atoms with van der Waals surface area (Å²) in [6.07, 6.45) is 3.56. The van der Waals surface area contributed by atoms with Crippen LogP contribution in [-0.2, 0) is 4.74 Å². The number of benzene rings is 1. The molecule has 0 aliphatic carbocycles. The Morgan fingerprint density at radius 2 is 2.17 bits per heavy atom. The standard InChI is InChI=1S/C14H19F2NO/c1-9-5-6-11(15)13(14(9)16)12(17)8-10-4-2-3-7-18-10/h5-6,10,12H,2-4,7-8,17H2,1H3. The van der Waals surface area contributed by atoms with Crippen molar-refractivity contribution in [1.29, 1.82) is 0 Å². The van der Waals surface area contributed by atoms with Gasteiger partial charge in [-0.2, -0.15) is 0 Å². The molecule has 2 nitrogen and oxygen atoms in total. The summed E-state index contributed by atoms with van der Waals surface area (Å²) in [6, 6.07) is 2.06. The van der Waals surface area contributed by atoms with E-state index in [0.717, 1.165) is 25.9 Å². The van der Waals surface area contributed by atoms with Crippen molar-refractivity contribution in [2.45, 2.75) is 44.8 Å². The van der Waals surface area contributed by atoms with Crippen LogP contribution in [0.1, 0.15) is 42.9 Å². The Labute approximate surface area is 106 Å². The molecule has 1 aliphatic heterocycles. The maximum atomic E-state index is 13.9. The number of halogens is 2. The Kier molecular flexibility index (Phi) is 4.30. The average Bonchev–Trinajstić information content (AvgIpc) is 2.36. The lowest BCUT2D eigenvalue weighted by Crippen LogP contribution is -2.26. The van der Waals surface area contributed by atoms with E-state index in [9.17, 15) is 8.78 Å². The zero-order valence-electron chi connectivity index (χ0n) is 10.6. The molecule has 0 aromatic heterocycles. The van der Waals surface area contributed by atoms with Crippen molar-refractivity contribution in [1.82, 2.24) is 0 Å². The Hall–Kier alpha value is -1.00. The topological polar surface area (TPSA) is 35.2 Å². The van der Waals surface area contributed by atoms with Gasteiger partial charge in [-0.1, -0.05) is 6.07 Å². The highest BCUT2D eigenvalue weighted by Gasteiger charge is 2.23. The Bertz CT molecular complexity index is 417. The van der Waals surface area contributed by atoms with Crippen molar-refractivity contribution in [3.63, 3.8) is 0 Å². The van der Waals surface area contributed by atoms with Gasteiger partial charge in [0.05, 0.1) is 6.10 Å². The van der Waals surface area contributed by atoms with E-state index in [1.165, 1.54) is 12.1 Å². The van der Waals surface area contributed by atoms with Crippen LogP contribution in [0.5, 0.6) is 0 Å². The zero-order valence-corrected chi connectivity index (χ0v) is 10.6. The summed E-state index contributed by atoms with van der Waals surface area (Å²) in [5, 5.41) is 0. The smallest absolute Gasteiger partial charge is 0.133 e. The predicted molar refractivity (Wildman–Crippen MR) is 66.2 cm³/mol. The van der Waals surface area contributed by atoms with Gasteiger partial charge in [0.25, 0.3) is 0 Å². The van der Waals surface area contributed by atoms with Crippen molar-refractivity contribution < 1.29 is 13.5 Å². The lowest BCUT2D eigenvalue weighted by molar-refractivity contribution is 0.00696. The molecule has 1 heterocycles. The highest BCUT2D eigenvalue weighted by Crippen LogP contribution is 2.27. The van der Waals surface area contributed by atoms with Crippen molar-refractivity contribution in [2.24, 2.45) is 5.73 Å². The van der Waals surface area contributed by atoms with E-state index in [-0.39, 0.29) is 11.7 Å². The zero-order chi connectivity index (χ0) is 13.1. The fraction of sp³-hybridized carbons (Fsp3) is 0.571. The molecule has 0 bridgehead atoms. The third-order valence-corrected chi connectivity index (χ3v) is 3.48. The number of hydrogen-bond acceptors (Lipinski definition) is 2.